The first kappa shape index (κ1) is 22.0. The van der Waals surface area contributed by atoms with Crippen molar-refractivity contribution in [3.8, 4) is 5.75 Å². The Kier molecular flexibility index (Phi) is 6.28. The number of nitrogens with one attached hydrogen (secondary N) is 1. The van der Waals surface area contributed by atoms with Crippen LogP contribution >= 0.6 is 23.2 Å². The van der Waals surface area contributed by atoms with Gasteiger partial charge in [-0.15, -0.1) is 13.2 Å². The summed E-state index contributed by atoms with van der Waals surface area (Å²) in [7, 11) is 0. The van der Waals surface area contributed by atoms with E-state index in [0.29, 0.717) is 11.4 Å². The minimum Gasteiger partial charge on any atom is -0.406 e. The Labute approximate surface area is 180 Å². The lowest BCUT2D eigenvalue weighted by Crippen LogP contribution is -2.33. The van der Waals surface area contributed by atoms with Gasteiger partial charge in [-0.1, -0.05) is 42.3 Å². The summed E-state index contributed by atoms with van der Waals surface area (Å²) in [5.41, 5.74) is 0.330. The number of rotatable bonds is 6. The lowest BCUT2D eigenvalue weighted by Gasteiger charge is -2.14. The summed E-state index contributed by atoms with van der Waals surface area (Å²) < 4.78 is 41.4. The molecule has 2 aromatic carbocycles. The summed E-state index contributed by atoms with van der Waals surface area (Å²) in [6.45, 7) is 1.98. The Bertz CT molecular complexity index is 1040. The second kappa shape index (κ2) is 8.57. The number of halogens is 5. The summed E-state index contributed by atoms with van der Waals surface area (Å²) >= 11 is 12.2. The molecule has 0 atom stereocenters. The number of benzene rings is 2. The van der Waals surface area contributed by atoms with Crippen molar-refractivity contribution in [3.63, 3.8) is 0 Å². The van der Waals surface area contributed by atoms with Crippen LogP contribution in [0.3, 0.4) is 0 Å². The first-order valence-electron chi connectivity index (χ1n) is 8.79. The molecule has 0 fully saturated rings. The fraction of sp³-hybridized carbons (Fsp3) is 0.200. The third kappa shape index (κ3) is 4.71. The molecule has 0 aliphatic carbocycles. The second-order valence-electron chi connectivity index (χ2n) is 6.34. The van der Waals surface area contributed by atoms with Gasteiger partial charge in [0.2, 0.25) is 0 Å². The summed E-state index contributed by atoms with van der Waals surface area (Å²) in [5.74, 6) is -1.64. The molecule has 1 heterocycles. The predicted octanol–water partition coefficient (Wildman–Crippen LogP) is 5.49. The molecule has 1 aliphatic heterocycles. The number of amides is 2. The normalized spacial score (nSPS) is 14.5. The molecule has 5 nitrogen and oxygen atoms in total. The van der Waals surface area contributed by atoms with Crippen LogP contribution in [0.1, 0.15) is 18.9 Å². The minimum atomic E-state index is -4.86. The van der Waals surface area contributed by atoms with Crippen molar-refractivity contribution >= 4 is 46.3 Å². The lowest BCUT2D eigenvalue weighted by molar-refractivity contribution is -0.274. The Balaban J connectivity index is 2.05. The van der Waals surface area contributed by atoms with Crippen LogP contribution in [0, 0.1) is 0 Å². The van der Waals surface area contributed by atoms with Crippen molar-refractivity contribution in [2.75, 3.05) is 11.9 Å². The number of carbonyl (C=O) groups excluding carboxylic acids is 2. The number of alkyl halides is 3. The third-order valence-corrected chi connectivity index (χ3v) is 4.70. The van der Waals surface area contributed by atoms with Crippen LogP contribution in [0.25, 0.3) is 5.57 Å². The van der Waals surface area contributed by atoms with Crippen LogP contribution in [0.2, 0.25) is 10.0 Å². The molecule has 158 valence electrons. The lowest BCUT2D eigenvalue weighted by atomic mass is 10.0. The Morgan fingerprint density at radius 1 is 1.07 bits per heavy atom. The number of ether oxygens (including phenoxy) is 1. The number of anilines is 1. The molecule has 10 heteroatoms. The van der Waals surface area contributed by atoms with Crippen LogP contribution in [-0.2, 0) is 9.59 Å². The van der Waals surface area contributed by atoms with E-state index in [9.17, 15) is 22.8 Å². The van der Waals surface area contributed by atoms with Crippen molar-refractivity contribution in [1.82, 2.24) is 4.90 Å². The standard InChI is InChI=1S/C20H15Cl2F3N2O3/c1-2-8-27-18(28)16(14-7-6-11(21)9-15(14)22)17(19(27)29)26-12-4-3-5-13(10-12)30-20(23,24)25/h3-7,9-10,26H,2,8H2,1H3. The largest absolute Gasteiger partial charge is 0.573 e. The zero-order valence-corrected chi connectivity index (χ0v) is 17.0. The monoisotopic (exact) mass is 458 g/mol. The van der Waals surface area contributed by atoms with Gasteiger partial charge in [0, 0.05) is 28.9 Å². The maximum absolute atomic E-state index is 12.9. The van der Waals surface area contributed by atoms with E-state index >= 15 is 0 Å². The molecule has 0 unspecified atom stereocenters. The molecule has 0 spiro atoms. The molecule has 0 saturated heterocycles. The van der Waals surface area contributed by atoms with Gasteiger partial charge in [-0.2, -0.15) is 0 Å². The highest BCUT2D eigenvalue weighted by atomic mass is 35.5. The van der Waals surface area contributed by atoms with Gasteiger partial charge in [0.15, 0.2) is 0 Å². The quantitative estimate of drug-likeness (QED) is 0.581. The first-order chi connectivity index (χ1) is 14.1. The molecule has 0 aromatic heterocycles. The average Bonchev–Trinajstić information content (AvgIpc) is 2.86. The topological polar surface area (TPSA) is 58.6 Å². The van der Waals surface area contributed by atoms with E-state index in [1.807, 2.05) is 0 Å². The Morgan fingerprint density at radius 3 is 2.43 bits per heavy atom. The minimum absolute atomic E-state index is 0.0114. The van der Waals surface area contributed by atoms with Gasteiger partial charge in [0.05, 0.1) is 10.6 Å². The Morgan fingerprint density at radius 2 is 1.80 bits per heavy atom. The average molecular weight is 459 g/mol. The summed E-state index contributed by atoms with van der Waals surface area (Å²) in [4.78, 5) is 26.9. The maximum atomic E-state index is 12.9. The molecule has 0 bridgehead atoms. The van der Waals surface area contributed by atoms with Crippen LogP contribution in [0.15, 0.2) is 48.2 Å². The van der Waals surface area contributed by atoms with E-state index in [1.165, 1.54) is 30.3 Å². The van der Waals surface area contributed by atoms with Gasteiger partial charge in [-0.25, -0.2) is 0 Å². The van der Waals surface area contributed by atoms with Crippen molar-refractivity contribution in [1.29, 1.82) is 0 Å². The van der Waals surface area contributed by atoms with Gasteiger partial charge < -0.3 is 10.1 Å². The summed E-state index contributed by atoms with van der Waals surface area (Å²) in [6, 6.07) is 9.41. The van der Waals surface area contributed by atoms with Gasteiger partial charge >= 0.3 is 6.36 Å². The van der Waals surface area contributed by atoms with Crippen LogP contribution in [0.5, 0.6) is 5.75 Å². The van der Waals surface area contributed by atoms with Gasteiger partial charge in [-0.3, -0.25) is 14.5 Å². The fourth-order valence-corrected chi connectivity index (χ4v) is 3.48. The van der Waals surface area contributed by atoms with E-state index in [2.05, 4.69) is 10.1 Å². The van der Waals surface area contributed by atoms with Crippen molar-refractivity contribution in [2.45, 2.75) is 19.7 Å². The molecule has 2 amide bonds. The molecule has 2 aromatic rings. The highest BCUT2D eigenvalue weighted by Gasteiger charge is 2.39. The van der Waals surface area contributed by atoms with Crippen LogP contribution in [-0.4, -0.2) is 29.6 Å². The maximum Gasteiger partial charge on any atom is 0.573 e. The zero-order chi connectivity index (χ0) is 22.1. The number of hydrogen-bond donors (Lipinski definition) is 1. The van der Waals surface area contributed by atoms with E-state index in [4.69, 9.17) is 23.2 Å². The van der Waals surface area contributed by atoms with Crippen molar-refractivity contribution in [3.05, 3.63) is 63.8 Å². The summed E-state index contributed by atoms with van der Waals surface area (Å²) in [6.07, 6.45) is -4.34. The third-order valence-electron chi connectivity index (χ3n) is 4.15. The molecular formula is C20H15Cl2F3N2O3. The van der Waals surface area contributed by atoms with Gasteiger partial charge in [0.1, 0.15) is 11.4 Å². The number of carbonyl (C=O) groups is 2. The molecule has 30 heavy (non-hydrogen) atoms. The molecular weight excluding hydrogens is 444 g/mol. The van der Waals surface area contributed by atoms with E-state index in [1.54, 1.807) is 6.92 Å². The van der Waals surface area contributed by atoms with Crippen molar-refractivity contribution in [2.24, 2.45) is 0 Å². The predicted molar refractivity (Wildman–Crippen MR) is 107 cm³/mol. The highest BCUT2D eigenvalue weighted by Crippen LogP contribution is 2.36. The SMILES string of the molecule is CCCN1C(=O)C(Nc2cccc(OC(F)(F)F)c2)=C(c2ccc(Cl)cc2Cl)C1=O. The summed E-state index contributed by atoms with van der Waals surface area (Å²) in [5, 5.41) is 3.26. The smallest absolute Gasteiger partial charge is 0.406 e. The Hall–Kier alpha value is -2.71. The molecule has 0 saturated carbocycles. The molecule has 1 N–H and O–H groups in total. The number of imide groups is 1. The van der Waals surface area contributed by atoms with Crippen LogP contribution < -0.4 is 10.1 Å². The van der Waals surface area contributed by atoms with Gasteiger partial charge in [-0.05, 0) is 30.7 Å². The molecule has 0 radical (unpaired) electrons. The van der Waals surface area contributed by atoms with E-state index in [-0.39, 0.29) is 34.1 Å². The van der Waals surface area contributed by atoms with Crippen LogP contribution in [0.4, 0.5) is 18.9 Å². The number of hydrogen-bond acceptors (Lipinski definition) is 4. The van der Waals surface area contributed by atoms with E-state index in [0.717, 1.165) is 17.0 Å². The first-order valence-corrected chi connectivity index (χ1v) is 9.55. The zero-order valence-electron chi connectivity index (χ0n) is 15.5. The molecule has 3 rings (SSSR count). The van der Waals surface area contributed by atoms with E-state index < -0.39 is 23.9 Å². The molecule has 1 aliphatic rings. The number of nitrogens with zero attached hydrogens (tertiary/aromatic N) is 1. The fourth-order valence-electron chi connectivity index (χ4n) is 2.98. The second-order valence-corrected chi connectivity index (χ2v) is 7.18. The van der Waals surface area contributed by atoms with Gasteiger partial charge in [0.25, 0.3) is 11.8 Å². The van der Waals surface area contributed by atoms with Crippen molar-refractivity contribution < 1.29 is 27.5 Å². The highest BCUT2D eigenvalue weighted by molar-refractivity contribution is 6.41.